The number of aryl methyl sites for hydroxylation is 3. The molecule has 1 aromatic carbocycles. The van der Waals surface area contributed by atoms with Crippen LogP contribution in [0.4, 0.5) is 5.69 Å². The minimum absolute atomic E-state index is 0.565. The van der Waals surface area contributed by atoms with E-state index in [0.717, 1.165) is 19.6 Å². The molecule has 1 saturated heterocycles. The van der Waals surface area contributed by atoms with E-state index in [1.165, 1.54) is 22.4 Å². The number of rotatable bonds is 1. The van der Waals surface area contributed by atoms with E-state index in [1.807, 2.05) is 0 Å². The predicted octanol–water partition coefficient (Wildman–Crippen LogP) is 3.05. The van der Waals surface area contributed by atoms with E-state index < -0.39 is 0 Å². The van der Waals surface area contributed by atoms with Gasteiger partial charge in [0.25, 0.3) is 0 Å². The van der Waals surface area contributed by atoms with Crippen molar-refractivity contribution in [1.82, 2.24) is 5.32 Å². The summed E-state index contributed by atoms with van der Waals surface area (Å²) in [5.74, 6) is 0.704. The van der Waals surface area contributed by atoms with Crippen molar-refractivity contribution < 1.29 is 0 Å². The van der Waals surface area contributed by atoms with Crippen LogP contribution in [0.25, 0.3) is 0 Å². The Morgan fingerprint density at radius 2 is 1.67 bits per heavy atom. The van der Waals surface area contributed by atoms with Crippen LogP contribution < -0.4 is 10.2 Å². The second-order valence-corrected chi connectivity index (χ2v) is 6.01. The molecule has 1 aromatic rings. The molecule has 0 saturated carbocycles. The topological polar surface area (TPSA) is 15.3 Å². The Bertz CT molecular complexity index is 402. The largest absolute Gasteiger partial charge is 0.367 e. The molecule has 0 bridgehead atoms. The lowest BCUT2D eigenvalue weighted by atomic mass is 10.0. The molecule has 0 radical (unpaired) electrons. The van der Waals surface area contributed by atoms with Crippen molar-refractivity contribution in [3.63, 3.8) is 0 Å². The zero-order valence-electron chi connectivity index (χ0n) is 12.4. The zero-order valence-corrected chi connectivity index (χ0v) is 12.4. The standard InChI is InChI=1S/C16H26N2/c1-11-6-13(3)16(14(4)7-11)18-10-12(2)8-17-9-15(18)5/h6-7,12,15,17H,8-10H2,1-5H3. The average molecular weight is 246 g/mol. The third-order valence-corrected chi connectivity index (χ3v) is 3.90. The van der Waals surface area contributed by atoms with Crippen molar-refractivity contribution in [2.75, 3.05) is 24.5 Å². The molecule has 100 valence electrons. The lowest BCUT2D eigenvalue weighted by Crippen LogP contribution is -2.38. The number of benzene rings is 1. The van der Waals surface area contributed by atoms with Crippen molar-refractivity contribution in [1.29, 1.82) is 0 Å². The fourth-order valence-corrected chi connectivity index (χ4v) is 3.17. The Morgan fingerprint density at radius 3 is 2.28 bits per heavy atom. The van der Waals surface area contributed by atoms with Crippen molar-refractivity contribution in [2.24, 2.45) is 5.92 Å². The summed E-state index contributed by atoms with van der Waals surface area (Å²) in [5, 5.41) is 3.56. The van der Waals surface area contributed by atoms with Gasteiger partial charge in [0.15, 0.2) is 0 Å². The van der Waals surface area contributed by atoms with E-state index in [1.54, 1.807) is 0 Å². The maximum atomic E-state index is 3.56. The molecule has 18 heavy (non-hydrogen) atoms. The molecule has 1 N–H and O–H groups in total. The van der Waals surface area contributed by atoms with E-state index in [4.69, 9.17) is 0 Å². The SMILES string of the molecule is Cc1cc(C)c(N2CC(C)CNCC2C)c(C)c1. The molecule has 2 heteroatoms. The maximum absolute atomic E-state index is 3.56. The predicted molar refractivity (Wildman–Crippen MR) is 79.5 cm³/mol. The molecule has 2 atom stereocenters. The van der Waals surface area contributed by atoms with E-state index in [9.17, 15) is 0 Å². The lowest BCUT2D eigenvalue weighted by Gasteiger charge is -2.33. The van der Waals surface area contributed by atoms with Gasteiger partial charge >= 0.3 is 0 Å². The van der Waals surface area contributed by atoms with E-state index in [0.29, 0.717) is 12.0 Å². The van der Waals surface area contributed by atoms with Crippen LogP contribution in [0.1, 0.15) is 30.5 Å². The van der Waals surface area contributed by atoms with Crippen LogP contribution in [-0.4, -0.2) is 25.7 Å². The summed E-state index contributed by atoms with van der Waals surface area (Å²) in [6.45, 7) is 14.7. The van der Waals surface area contributed by atoms with Gasteiger partial charge in [-0.3, -0.25) is 0 Å². The minimum Gasteiger partial charge on any atom is -0.367 e. The highest BCUT2D eigenvalue weighted by atomic mass is 15.2. The quantitative estimate of drug-likeness (QED) is 0.819. The van der Waals surface area contributed by atoms with Crippen molar-refractivity contribution in [3.8, 4) is 0 Å². The number of anilines is 1. The normalized spacial score (nSPS) is 25.1. The lowest BCUT2D eigenvalue weighted by molar-refractivity contribution is 0.563. The average Bonchev–Trinajstić information content (AvgIpc) is 2.40. The molecule has 2 nitrogen and oxygen atoms in total. The Morgan fingerprint density at radius 1 is 1.06 bits per heavy atom. The fraction of sp³-hybridized carbons (Fsp3) is 0.625. The first-order valence-electron chi connectivity index (χ1n) is 7.04. The molecule has 0 aliphatic carbocycles. The smallest absolute Gasteiger partial charge is 0.0428 e. The van der Waals surface area contributed by atoms with Gasteiger partial charge in [-0.15, -0.1) is 0 Å². The minimum atomic E-state index is 0.565. The van der Waals surface area contributed by atoms with Gasteiger partial charge in [0.05, 0.1) is 0 Å². The maximum Gasteiger partial charge on any atom is 0.0428 e. The zero-order chi connectivity index (χ0) is 13.3. The highest BCUT2D eigenvalue weighted by molar-refractivity contribution is 5.61. The van der Waals surface area contributed by atoms with Crippen LogP contribution in [0.15, 0.2) is 12.1 Å². The summed E-state index contributed by atoms with van der Waals surface area (Å²) in [7, 11) is 0. The highest BCUT2D eigenvalue weighted by Crippen LogP contribution is 2.29. The summed E-state index contributed by atoms with van der Waals surface area (Å²) in [5.41, 5.74) is 5.63. The summed E-state index contributed by atoms with van der Waals surface area (Å²) in [4.78, 5) is 2.59. The van der Waals surface area contributed by atoms with Gasteiger partial charge in [-0.05, 0) is 51.3 Å². The van der Waals surface area contributed by atoms with Gasteiger partial charge in [-0.25, -0.2) is 0 Å². The van der Waals surface area contributed by atoms with Crippen LogP contribution in [-0.2, 0) is 0 Å². The van der Waals surface area contributed by atoms with E-state index in [2.05, 4.69) is 57.0 Å². The number of nitrogens with one attached hydrogen (secondary N) is 1. The Balaban J connectivity index is 2.39. The highest BCUT2D eigenvalue weighted by Gasteiger charge is 2.23. The van der Waals surface area contributed by atoms with E-state index >= 15 is 0 Å². The van der Waals surface area contributed by atoms with Gasteiger partial charge in [-0.2, -0.15) is 0 Å². The molecule has 1 aliphatic rings. The third kappa shape index (κ3) is 2.69. The summed E-state index contributed by atoms with van der Waals surface area (Å²) < 4.78 is 0. The van der Waals surface area contributed by atoms with Crippen LogP contribution >= 0.6 is 0 Å². The first-order chi connectivity index (χ1) is 8.49. The third-order valence-electron chi connectivity index (χ3n) is 3.90. The first-order valence-corrected chi connectivity index (χ1v) is 7.04. The summed E-state index contributed by atoms with van der Waals surface area (Å²) >= 11 is 0. The van der Waals surface area contributed by atoms with Crippen LogP contribution in [0, 0.1) is 26.7 Å². The second kappa shape index (κ2) is 5.31. The molecular weight excluding hydrogens is 220 g/mol. The summed E-state index contributed by atoms with van der Waals surface area (Å²) in [6, 6.07) is 5.17. The van der Waals surface area contributed by atoms with Gasteiger partial charge in [0.2, 0.25) is 0 Å². The monoisotopic (exact) mass is 246 g/mol. The molecule has 0 aromatic heterocycles. The second-order valence-electron chi connectivity index (χ2n) is 6.01. The molecule has 1 fully saturated rings. The van der Waals surface area contributed by atoms with Gasteiger partial charge < -0.3 is 10.2 Å². The van der Waals surface area contributed by atoms with Crippen molar-refractivity contribution in [3.05, 3.63) is 28.8 Å². The Labute approximate surface area is 111 Å². The van der Waals surface area contributed by atoms with Gasteiger partial charge in [0, 0.05) is 24.8 Å². The Hall–Kier alpha value is -1.02. The number of hydrogen-bond acceptors (Lipinski definition) is 2. The molecule has 1 aliphatic heterocycles. The number of nitrogens with zero attached hydrogens (tertiary/aromatic N) is 1. The summed E-state index contributed by atoms with van der Waals surface area (Å²) in [6.07, 6.45) is 0. The number of hydrogen-bond donors (Lipinski definition) is 1. The van der Waals surface area contributed by atoms with Crippen LogP contribution in [0.2, 0.25) is 0 Å². The first kappa shape index (κ1) is 13.4. The molecule has 2 unspecified atom stereocenters. The van der Waals surface area contributed by atoms with Gasteiger partial charge in [-0.1, -0.05) is 24.6 Å². The molecule has 1 heterocycles. The fourth-order valence-electron chi connectivity index (χ4n) is 3.17. The van der Waals surface area contributed by atoms with Crippen LogP contribution in [0.3, 0.4) is 0 Å². The van der Waals surface area contributed by atoms with Crippen LogP contribution in [0.5, 0.6) is 0 Å². The Kier molecular flexibility index (Phi) is 3.96. The van der Waals surface area contributed by atoms with Gasteiger partial charge in [0.1, 0.15) is 0 Å². The molecular formula is C16H26N2. The molecule has 0 amide bonds. The van der Waals surface area contributed by atoms with Crippen molar-refractivity contribution in [2.45, 2.75) is 40.7 Å². The van der Waals surface area contributed by atoms with Crippen molar-refractivity contribution >= 4 is 5.69 Å². The molecule has 2 rings (SSSR count). The molecule has 0 spiro atoms. The van der Waals surface area contributed by atoms with E-state index in [-0.39, 0.29) is 0 Å².